The lowest BCUT2D eigenvalue weighted by Gasteiger charge is -2.37. The monoisotopic (exact) mass is 602 g/mol. The largest absolute Gasteiger partial charge is 0.398 e. The fourth-order valence-corrected chi connectivity index (χ4v) is 7.36. The van der Waals surface area contributed by atoms with E-state index in [0.29, 0.717) is 22.7 Å². The van der Waals surface area contributed by atoms with Gasteiger partial charge in [0.1, 0.15) is 0 Å². The van der Waals surface area contributed by atoms with Gasteiger partial charge >= 0.3 is 0 Å². The topological polar surface area (TPSA) is 104 Å². The Kier molecular flexibility index (Phi) is 7.83. The Morgan fingerprint density at radius 3 is 1.24 bits per heavy atom. The zero-order valence-corrected chi connectivity index (χ0v) is 27.3. The first-order chi connectivity index (χ1) is 22.0. The van der Waals surface area contributed by atoms with Crippen LogP contribution in [0.3, 0.4) is 0 Å². The van der Waals surface area contributed by atoms with Crippen LogP contribution in [-0.2, 0) is 5.41 Å². The molecule has 4 heteroatoms. The molecule has 230 valence electrons. The minimum absolute atomic E-state index is 0.594. The van der Waals surface area contributed by atoms with Crippen LogP contribution in [0.1, 0.15) is 45.9 Å². The molecule has 0 atom stereocenters. The fraction of sp³-hybridized carbons (Fsp3) is 0.143. The van der Waals surface area contributed by atoms with Gasteiger partial charge in [-0.1, -0.05) is 91.0 Å². The summed E-state index contributed by atoms with van der Waals surface area (Å²) in [6.07, 6.45) is 0. The lowest BCUT2D eigenvalue weighted by atomic mass is 9.66. The predicted octanol–water partition coefficient (Wildman–Crippen LogP) is 9.60. The number of aryl methyl sites for hydroxylation is 2. The summed E-state index contributed by atoms with van der Waals surface area (Å²) < 4.78 is 0. The number of rotatable bonds is 6. The molecule has 0 heterocycles. The van der Waals surface area contributed by atoms with Crippen molar-refractivity contribution in [3.05, 3.63) is 154 Å². The second-order valence-electron chi connectivity index (χ2n) is 12.6. The van der Waals surface area contributed by atoms with Gasteiger partial charge in [0.2, 0.25) is 0 Å². The van der Waals surface area contributed by atoms with Crippen molar-refractivity contribution in [3.63, 3.8) is 0 Å². The van der Waals surface area contributed by atoms with Gasteiger partial charge in [-0.2, -0.15) is 0 Å². The molecule has 0 fully saturated rings. The molecule has 0 aliphatic rings. The Balaban J connectivity index is 1.67. The van der Waals surface area contributed by atoms with Crippen LogP contribution >= 0.6 is 0 Å². The molecule has 0 bridgehead atoms. The summed E-state index contributed by atoms with van der Waals surface area (Å²) in [5.74, 6) is 0. The Morgan fingerprint density at radius 2 is 0.804 bits per heavy atom. The highest BCUT2D eigenvalue weighted by Gasteiger charge is 2.36. The van der Waals surface area contributed by atoms with Crippen LogP contribution in [0.25, 0.3) is 33.4 Å². The van der Waals surface area contributed by atoms with Gasteiger partial charge in [0, 0.05) is 50.4 Å². The summed E-state index contributed by atoms with van der Waals surface area (Å²) in [5, 5.41) is 0. The minimum Gasteiger partial charge on any atom is -0.398 e. The van der Waals surface area contributed by atoms with Crippen molar-refractivity contribution in [3.8, 4) is 33.4 Å². The van der Waals surface area contributed by atoms with Gasteiger partial charge in [-0.15, -0.1) is 0 Å². The molecule has 0 saturated heterocycles. The lowest BCUT2D eigenvalue weighted by Crippen LogP contribution is -2.28. The van der Waals surface area contributed by atoms with Crippen LogP contribution in [0.2, 0.25) is 0 Å². The van der Waals surface area contributed by atoms with Crippen LogP contribution in [0.15, 0.2) is 115 Å². The highest BCUT2D eigenvalue weighted by Crippen LogP contribution is 2.49. The van der Waals surface area contributed by atoms with Crippen LogP contribution in [0.5, 0.6) is 0 Å². The van der Waals surface area contributed by atoms with Crippen molar-refractivity contribution < 1.29 is 0 Å². The maximum atomic E-state index is 6.76. The van der Waals surface area contributed by atoms with Gasteiger partial charge in [0.25, 0.3) is 0 Å². The van der Waals surface area contributed by atoms with Crippen molar-refractivity contribution in [2.75, 3.05) is 22.9 Å². The van der Waals surface area contributed by atoms with Crippen molar-refractivity contribution in [2.24, 2.45) is 0 Å². The molecule has 0 aromatic heterocycles. The molecule has 0 aliphatic carbocycles. The van der Waals surface area contributed by atoms with E-state index >= 15 is 0 Å². The first kappa shape index (κ1) is 30.5. The van der Waals surface area contributed by atoms with E-state index in [1.54, 1.807) is 0 Å². The van der Waals surface area contributed by atoms with Gasteiger partial charge in [-0.25, -0.2) is 0 Å². The average Bonchev–Trinajstić information content (AvgIpc) is 3.04. The van der Waals surface area contributed by atoms with E-state index in [2.05, 4.69) is 107 Å². The third kappa shape index (κ3) is 4.96. The average molecular weight is 603 g/mol. The van der Waals surface area contributed by atoms with E-state index in [9.17, 15) is 0 Å². The predicted molar refractivity (Wildman–Crippen MR) is 198 cm³/mol. The molecule has 6 aromatic rings. The third-order valence-electron chi connectivity index (χ3n) is 9.75. The summed E-state index contributed by atoms with van der Waals surface area (Å²) in [7, 11) is 0. The van der Waals surface area contributed by atoms with E-state index in [4.69, 9.17) is 22.9 Å². The Bertz CT molecular complexity index is 1930. The summed E-state index contributed by atoms with van der Waals surface area (Å²) in [6.45, 7) is 10.8. The fourth-order valence-electron chi connectivity index (χ4n) is 7.36. The smallest absolute Gasteiger partial charge is 0.0428 e. The van der Waals surface area contributed by atoms with Gasteiger partial charge < -0.3 is 22.9 Å². The molecule has 0 unspecified atom stereocenters. The van der Waals surface area contributed by atoms with Crippen molar-refractivity contribution >= 4 is 22.7 Å². The lowest BCUT2D eigenvalue weighted by molar-refractivity contribution is 0.682. The molecule has 4 nitrogen and oxygen atoms in total. The Morgan fingerprint density at radius 1 is 0.391 bits per heavy atom. The van der Waals surface area contributed by atoms with Gasteiger partial charge in [-0.05, 0) is 109 Å². The number of benzene rings is 6. The molecule has 8 N–H and O–H groups in total. The zero-order chi connectivity index (χ0) is 32.7. The van der Waals surface area contributed by atoms with Crippen LogP contribution in [0.4, 0.5) is 22.7 Å². The first-order valence-corrected chi connectivity index (χ1v) is 15.7. The van der Waals surface area contributed by atoms with Crippen molar-refractivity contribution in [1.82, 2.24) is 0 Å². The molecule has 0 radical (unpaired) electrons. The van der Waals surface area contributed by atoms with E-state index in [1.807, 2.05) is 42.5 Å². The molecular weight excluding hydrogens is 560 g/mol. The number of nitrogens with two attached hydrogens (primary N) is 4. The normalized spacial score (nSPS) is 11.5. The molecule has 6 aromatic carbocycles. The maximum Gasteiger partial charge on any atom is 0.0428 e. The molecule has 46 heavy (non-hydrogen) atoms. The Hall–Kier alpha value is -5.48. The number of nitrogen functional groups attached to an aromatic ring is 4. The molecule has 6 rings (SSSR count). The quantitative estimate of drug-likeness (QED) is 0.113. The van der Waals surface area contributed by atoms with Gasteiger partial charge in [0.15, 0.2) is 0 Å². The number of hydrogen-bond acceptors (Lipinski definition) is 4. The third-order valence-corrected chi connectivity index (χ3v) is 9.75. The molecule has 0 aliphatic heterocycles. The molecular formula is C42H42N4. The van der Waals surface area contributed by atoms with Crippen LogP contribution in [-0.4, -0.2) is 0 Å². The van der Waals surface area contributed by atoms with E-state index in [0.717, 1.165) is 66.8 Å². The number of anilines is 4. The standard InChI is InChI=1S/C42H42N4/c1-25-11-9-15-34(43)38(25)40-27(3)32(21-23-36(40)45)42(5,31-19-17-30(18-20-31)29-13-7-6-8-14-29)33-22-24-37(46)41(28(33)4)39-26(2)12-10-16-35(39)44/h6-24H,43-46H2,1-5H3. The van der Waals surface area contributed by atoms with Crippen molar-refractivity contribution in [1.29, 1.82) is 0 Å². The second-order valence-corrected chi connectivity index (χ2v) is 12.6. The van der Waals surface area contributed by atoms with Gasteiger partial charge in [-0.3, -0.25) is 0 Å². The molecule has 0 saturated carbocycles. The number of hydrogen-bond donors (Lipinski definition) is 4. The highest BCUT2D eigenvalue weighted by atomic mass is 14.6. The molecule has 0 amide bonds. The maximum absolute atomic E-state index is 6.76. The summed E-state index contributed by atoms with van der Waals surface area (Å²) >= 11 is 0. The Labute approximate surface area is 272 Å². The SMILES string of the molecule is Cc1cccc(N)c1-c1c(N)ccc(C(C)(c2ccc(-c3ccccc3)cc2)c2ccc(N)c(-c3c(C)cccc3N)c2C)c1C. The molecule has 0 spiro atoms. The highest BCUT2D eigenvalue weighted by molar-refractivity contribution is 5.91. The summed E-state index contributed by atoms with van der Waals surface area (Å²) in [6, 6.07) is 39.8. The van der Waals surface area contributed by atoms with Crippen molar-refractivity contribution in [2.45, 2.75) is 40.0 Å². The van der Waals surface area contributed by atoms with Crippen LogP contribution in [0, 0.1) is 27.7 Å². The second kappa shape index (κ2) is 11.8. The van der Waals surface area contributed by atoms with Crippen LogP contribution < -0.4 is 22.9 Å². The first-order valence-electron chi connectivity index (χ1n) is 15.7. The summed E-state index contributed by atoms with van der Waals surface area (Å²) in [4.78, 5) is 0. The zero-order valence-electron chi connectivity index (χ0n) is 27.3. The van der Waals surface area contributed by atoms with E-state index < -0.39 is 5.41 Å². The van der Waals surface area contributed by atoms with E-state index in [-0.39, 0.29) is 0 Å². The van der Waals surface area contributed by atoms with Gasteiger partial charge in [0.05, 0.1) is 0 Å². The van der Waals surface area contributed by atoms with E-state index in [1.165, 1.54) is 5.56 Å². The minimum atomic E-state index is -0.594. The summed E-state index contributed by atoms with van der Waals surface area (Å²) in [5.41, 5.74) is 43.0.